The average molecular weight is 394 g/mol. The van der Waals surface area contributed by atoms with Crippen molar-refractivity contribution in [2.24, 2.45) is 17.6 Å². The third kappa shape index (κ3) is 3.07. The highest BCUT2D eigenvalue weighted by Gasteiger charge is 2.32. The molecule has 2 aliphatic heterocycles. The van der Waals surface area contributed by atoms with Crippen LogP contribution in [0.25, 0.3) is 17.1 Å². The van der Waals surface area contributed by atoms with Gasteiger partial charge in [0.25, 0.3) is 11.8 Å². The molecule has 0 aliphatic carbocycles. The third-order valence-corrected chi connectivity index (χ3v) is 6.03. The minimum Gasteiger partial charge on any atom is -0.463 e. The normalized spacial score (nSPS) is 21.9. The Morgan fingerprint density at radius 1 is 1.21 bits per heavy atom. The summed E-state index contributed by atoms with van der Waals surface area (Å²) in [4.78, 5) is 35.7. The number of imidazole rings is 1. The lowest BCUT2D eigenvalue weighted by molar-refractivity contribution is 0.0750. The zero-order chi connectivity index (χ0) is 20.0. The molecule has 3 aromatic heterocycles. The number of primary amides is 1. The standard InChI is InChI=1S/C20H22N6O3/c21-18(27)17-19-24-14(16-2-1-7-29-16)8-15(26(19)11-23-17)20(28)25-5-3-12-9-22-10-13(12)4-6-25/h1-2,7-8,11-13,22H,3-6,9-10H2,(H2,21,27)/t12-,13+. The lowest BCUT2D eigenvalue weighted by atomic mass is 9.92. The van der Waals surface area contributed by atoms with Gasteiger partial charge in [-0.2, -0.15) is 0 Å². The summed E-state index contributed by atoms with van der Waals surface area (Å²) in [5, 5.41) is 3.45. The maximum atomic E-state index is 13.5. The Labute approximate surface area is 166 Å². The van der Waals surface area contributed by atoms with E-state index in [4.69, 9.17) is 10.2 Å². The molecule has 0 saturated carbocycles. The molecule has 29 heavy (non-hydrogen) atoms. The number of hydrogen-bond donors (Lipinski definition) is 2. The molecular weight excluding hydrogens is 372 g/mol. The van der Waals surface area contributed by atoms with Crippen LogP contribution in [0, 0.1) is 11.8 Å². The average Bonchev–Trinajstić information content (AvgIpc) is 3.45. The Balaban J connectivity index is 1.56. The lowest BCUT2D eigenvalue weighted by Gasteiger charge is -2.21. The van der Waals surface area contributed by atoms with Gasteiger partial charge in [0, 0.05) is 13.1 Å². The number of nitrogens with zero attached hydrogens (tertiary/aromatic N) is 4. The van der Waals surface area contributed by atoms with E-state index in [1.807, 2.05) is 4.90 Å². The summed E-state index contributed by atoms with van der Waals surface area (Å²) in [5.74, 6) is 0.962. The molecule has 0 spiro atoms. The van der Waals surface area contributed by atoms with Crippen LogP contribution < -0.4 is 11.1 Å². The molecule has 2 aliphatic rings. The van der Waals surface area contributed by atoms with Gasteiger partial charge < -0.3 is 20.4 Å². The molecule has 2 fully saturated rings. The molecule has 0 unspecified atom stereocenters. The van der Waals surface area contributed by atoms with Crippen LogP contribution in [0.5, 0.6) is 0 Å². The first-order valence-electron chi connectivity index (χ1n) is 9.83. The zero-order valence-electron chi connectivity index (χ0n) is 15.9. The van der Waals surface area contributed by atoms with Crippen molar-refractivity contribution in [3.05, 3.63) is 42.2 Å². The maximum absolute atomic E-state index is 13.5. The quantitative estimate of drug-likeness (QED) is 0.688. The second kappa shape index (κ2) is 7.00. The number of hydrogen-bond acceptors (Lipinski definition) is 6. The van der Waals surface area contributed by atoms with Crippen molar-refractivity contribution in [3.63, 3.8) is 0 Å². The smallest absolute Gasteiger partial charge is 0.271 e. The van der Waals surface area contributed by atoms with Crippen molar-refractivity contribution >= 4 is 17.5 Å². The summed E-state index contributed by atoms with van der Waals surface area (Å²) >= 11 is 0. The van der Waals surface area contributed by atoms with Crippen LogP contribution in [-0.2, 0) is 0 Å². The highest BCUT2D eigenvalue weighted by atomic mass is 16.3. The summed E-state index contributed by atoms with van der Waals surface area (Å²) in [6, 6.07) is 5.19. The summed E-state index contributed by atoms with van der Waals surface area (Å²) < 4.78 is 7.00. The van der Waals surface area contributed by atoms with E-state index < -0.39 is 5.91 Å². The van der Waals surface area contributed by atoms with Gasteiger partial charge in [0.05, 0.1) is 6.26 Å². The summed E-state index contributed by atoms with van der Waals surface area (Å²) in [7, 11) is 0. The van der Waals surface area contributed by atoms with E-state index in [-0.39, 0.29) is 17.2 Å². The molecule has 5 rings (SSSR count). The van der Waals surface area contributed by atoms with E-state index in [0.29, 0.717) is 42.1 Å². The third-order valence-electron chi connectivity index (χ3n) is 6.03. The number of furan rings is 1. The first kappa shape index (κ1) is 17.9. The molecule has 2 amide bonds. The summed E-state index contributed by atoms with van der Waals surface area (Å²) in [6.07, 6.45) is 4.94. The molecule has 3 aromatic rings. The van der Waals surface area contributed by atoms with Gasteiger partial charge in [0.15, 0.2) is 17.1 Å². The van der Waals surface area contributed by atoms with Crippen LogP contribution in [0.2, 0.25) is 0 Å². The fourth-order valence-corrected chi connectivity index (χ4v) is 4.44. The zero-order valence-corrected chi connectivity index (χ0v) is 15.9. The monoisotopic (exact) mass is 394 g/mol. The number of amides is 2. The Kier molecular flexibility index (Phi) is 4.31. The van der Waals surface area contributed by atoms with Gasteiger partial charge in [-0.05, 0) is 56.0 Å². The van der Waals surface area contributed by atoms with Crippen LogP contribution in [0.3, 0.4) is 0 Å². The van der Waals surface area contributed by atoms with Crippen LogP contribution >= 0.6 is 0 Å². The molecule has 9 nitrogen and oxygen atoms in total. The number of carbonyl (C=O) groups is 2. The molecule has 0 bridgehead atoms. The number of carbonyl (C=O) groups excluding carboxylic acids is 2. The minimum atomic E-state index is -0.690. The second-order valence-corrected chi connectivity index (χ2v) is 7.70. The molecule has 9 heteroatoms. The van der Waals surface area contributed by atoms with E-state index in [0.717, 1.165) is 25.9 Å². The Hall–Kier alpha value is -3.20. The predicted octanol–water partition coefficient (Wildman–Crippen LogP) is 1.16. The van der Waals surface area contributed by atoms with Crippen molar-refractivity contribution in [3.8, 4) is 11.5 Å². The number of nitrogens with one attached hydrogen (secondary N) is 1. The fourth-order valence-electron chi connectivity index (χ4n) is 4.44. The first-order chi connectivity index (χ1) is 14.1. The van der Waals surface area contributed by atoms with Crippen molar-refractivity contribution < 1.29 is 14.0 Å². The van der Waals surface area contributed by atoms with Gasteiger partial charge in [-0.3, -0.25) is 14.0 Å². The second-order valence-electron chi connectivity index (χ2n) is 7.70. The van der Waals surface area contributed by atoms with E-state index in [1.54, 1.807) is 22.6 Å². The largest absolute Gasteiger partial charge is 0.463 e. The molecule has 3 N–H and O–H groups in total. The first-order valence-corrected chi connectivity index (χ1v) is 9.83. The van der Waals surface area contributed by atoms with Gasteiger partial charge in [-0.15, -0.1) is 0 Å². The van der Waals surface area contributed by atoms with Gasteiger partial charge >= 0.3 is 0 Å². The molecule has 2 atom stereocenters. The molecule has 150 valence electrons. The minimum absolute atomic E-state index is 0.0314. The van der Waals surface area contributed by atoms with E-state index in [9.17, 15) is 9.59 Å². The number of rotatable bonds is 3. The van der Waals surface area contributed by atoms with E-state index >= 15 is 0 Å². The lowest BCUT2D eigenvalue weighted by Crippen LogP contribution is -2.34. The highest BCUT2D eigenvalue weighted by Crippen LogP contribution is 2.28. The summed E-state index contributed by atoms with van der Waals surface area (Å²) in [6.45, 7) is 3.47. The van der Waals surface area contributed by atoms with Crippen LogP contribution in [0.1, 0.15) is 33.8 Å². The van der Waals surface area contributed by atoms with Crippen LogP contribution in [-0.4, -0.2) is 57.3 Å². The van der Waals surface area contributed by atoms with Gasteiger partial charge in [-0.1, -0.05) is 0 Å². The SMILES string of the molecule is NC(=O)c1ncn2c(C(=O)N3CC[C@@H]4CNC[C@@H]4CC3)cc(-c3ccco3)nc12. The molecule has 0 aromatic carbocycles. The fraction of sp³-hybridized carbons (Fsp3) is 0.400. The van der Waals surface area contributed by atoms with Gasteiger partial charge in [0.1, 0.15) is 17.7 Å². The Morgan fingerprint density at radius 3 is 2.62 bits per heavy atom. The predicted molar refractivity (Wildman–Crippen MR) is 104 cm³/mol. The summed E-state index contributed by atoms with van der Waals surface area (Å²) in [5.41, 5.74) is 6.60. The highest BCUT2D eigenvalue weighted by molar-refractivity contribution is 5.99. The number of fused-ring (bicyclic) bond motifs is 2. The van der Waals surface area contributed by atoms with E-state index in [1.165, 1.54) is 12.6 Å². The maximum Gasteiger partial charge on any atom is 0.271 e. The van der Waals surface area contributed by atoms with Crippen molar-refractivity contribution in [1.82, 2.24) is 24.6 Å². The van der Waals surface area contributed by atoms with Gasteiger partial charge in [-0.25, -0.2) is 9.97 Å². The molecule has 0 radical (unpaired) electrons. The van der Waals surface area contributed by atoms with Crippen LogP contribution in [0.15, 0.2) is 35.2 Å². The Morgan fingerprint density at radius 2 is 1.97 bits per heavy atom. The topological polar surface area (TPSA) is 119 Å². The van der Waals surface area contributed by atoms with Crippen molar-refractivity contribution in [1.29, 1.82) is 0 Å². The molecule has 5 heterocycles. The van der Waals surface area contributed by atoms with Crippen LogP contribution in [0.4, 0.5) is 0 Å². The molecular formula is C20H22N6O3. The number of aromatic nitrogens is 3. The van der Waals surface area contributed by atoms with Crippen molar-refractivity contribution in [2.75, 3.05) is 26.2 Å². The van der Waals surface area contributed by atoms with Crippen molar-refractivity contribution in [2.45, 2.75) is 12.8 Å². The number of likely N-dealkylation sites (tertiary alicyclic amines) is 1. The number of nitrogens with two attached hydrogens (primary N) is 1. The Bertz CT molecular complexity index is 1060. The van der Waals surface area contributed by atoms with Gasteiger partial charge in [0.2, 0.25) is 0 Å². The van der Waals surface area contributed by atoms with E-state index in [2.05, 4.69) is 15.3 Å². The molecule has 2 saturated heterocycles.